The number of aromatic hydroxyl groups is 1. The number of nitrogens with one attached hydrogen (secondary N) is 2. The van der Waals surface area contributed by atoms with E-state index in [0.717, 1.165) is 5.56 Å². The van der Waals surface area contributed by atoms with E-state index in [9.17, 15) is 14.7 Å². The van der Waals surface area contributed by atoms with Gasteiger partial charge >= 0.3 is 0 Å². The van der Waals surface area contributed by atoms with Gasteiger partial charge in [-0.25, -0.2) is 0 Å². The summed E-state index contributed by atoms with van der Waals surface area (Å²) in [5, 5.41) is 15.2. The molecule has 0 radical (unpaired) electrons. The van der Waals surface area contributed by atoms with Crippen molar-refractivity contribution in [1.82, 2.24) is 5.32 Å². The number of benzene rings is 2. The van der Waals surface area contributed by atoms with Crippen LogP contribution in [-0.4, -0.2) is 23.0 Å². The Balaban J connectivity index is 1.88. The zero-order valence-corrected chi connectivity index (χ0v) is 13.2. The lowest BCUT2D eigenvalue weighted by Crippen LogP contribution is -2.35. The fraction of sp³-hybridized carbons (Fsp3) is 0.222. The molecule has 3 N–H and O–H groups in total. The minimum atomic E-state index is -0.324. The average Bonchev–Trinajstić information content (AvgIpc) is 2.50. The second-order valence-electron chi connectivity index (χ2n) is 5.51. The minimum absolute atomic E-state index is 0.0272. The van der Waals surface area contributed by atoms with E-state index in [1.165, 1.54) is 0 Å². The van der Waals surface area contributed by atoms with E-state index in [2.05, 4.69) is 10.6 Å². The van der Waals surface area contributed by atoms with Gasteiger partial charge in [-0.3, -0.25) is 9.59 Å². The summed E-state index contributed by atoms with van der Waals surface area (Å²) in [6, 6.07) is 13.5. The van der Waals surface area contributed by atoms with Crippen molar-refractivity contribution in [1.29, 1.82) is 0 Å². The number of carbonyl (C=O) groups excluding carboxylic acids is 2. The normalized spacial score (nSPS) is 11.6. The number of phenolic OH excluding ortho intramolecular Hbond substituents is 1. The first-order valence-electron chi connectivity index (χ1n) is 7.41. The van der Waals surface area contributed by atoms with Crippen LogP contribution in [-0.2, 0) is 4.79 Å². The summed E-state index contributed by atoms with van der Waals surface area (Å²) >= 11 is 0. The third-order valence-electron chi connectivity index (χ3n) is 3.33. The Hall–Kier alpha value is -2.82. The molecule has 2 rings (SSSR count). The van der Waals surface area contributed by atoms with Gasteiger partial charge < -0.3 is 15.7 Å². The number of hydrogen-bond acceptors (Lipinski definition) is 3. The monoisotopic (exact) mass is 312 g/mol. The van der Waals surface area contributed by atoms with Crippen molar-refractivity contribution in [3.8, 4) is 5.75 Å². The van der Waals surface area contributed by atoms with Crippen molar-refractivity contribution in [3.63, 3.8) is 0 Å². The molecule has 0 spiro atoms. The molecule has 5 nitrogen and oxygen atoms in total. The van der Waals surface area contributed by atoms with Gasteiger partial charge in [0.05, 0.1) is 5.69 Å². The number of carbonyl (C=O) groups is 2. The standard InChI is InChI=1S/C18H20N2O3/c1-12-8-9-15(16(21)10-12)20-17(22)11-13(2)19-18(23)14-6-4-3-5-7-14/h3-10,13,21H,11H2,1-2H3,(H,19,23)(H,20,22). The molecule has 0 saturated heterocycles. The van der Waals surface area contributed by atoms with E-state index in [4.69, 9.17) is 0 Å². The summed E-state index contributed by atoms with van der Waals surface area (Å²) in [4.78, 5) is 24.0. The first-order chi connectivity index (χ1) is 11.0. The largest absolute Gasteiger partial charge is 0.506 e. The van der Waals surface area contributed by atoms with Gasteiger partial charge in [-0.05, 0) is 43.7 Å². The van der Waals surface area contributed by atoms with E-state index in [1.54, 1.807) is 49.4 Å². The predicted molar refractivity (Wildman–Crippen MR) is 89.5 cm³/mol. The van der Waals surface area contributed by atoms with Crippen LogP contribution in [0.25, 0.3) is 0 Å². The molecule has 0 saturated carbocycles. The molecule has 23 heavy (non-hydrogen) atoms. The minimum Gasteiger partial charge on any atom is -0.506 e. The van der Waals surface area contributed by atoms with E-state index < -0.39 is 0 Å². The predicted octanol–water partition coefficient (Wildman–Crippen LogP) is 2.85. The van der Waals surface area contributed by atoms with Crippen LogP contribution in [0.3, 0.4) is 0 Å². The van der Waals surface area contributed by atoms with Crippen molar-refractivity contribution in [2.45, 2.75) is 26.3 Å². The van der Waals surface area contributed by atoms with Crippen molar-refractivity contribution < 1.29 is 14.7 Å². The second kappa shape index (κ2) is 7.45. The van der Waals surface area contributed by atoms with Crippen LogP contribution in [0, 0.1) is 6.92 Å². The Bertz CT molecular complexity index is 699. The zero-order valence-electron chi connectivity index (χ0n) is 13.2. The van der Waals surface area contributed by atoms with Crippen molar-refractivity contribution >= 4 is 17.5 Å². The number of amides is 2. The lowest BCUT2D eigenvalue weighted by molar-refractivity contribution is -0.116. The summed E-state index contributed by atoms with van der Waals surface area (Å²) in [5.74, 6) is -0.464. The van der Waals surface area contributed by atoms with E-state index in [-0.39, 0.29) is 30.0 Å². The Labute approximate surface area is 135 Å². The third-order valence-corrected chi connectivity index (χ3v) is 3.33. The highest BCUT2D eigenvalue weighted by atomic mass is 16.3. The van der Waals surface area contributed by atoms with Gasteiger partial charge in [0.1, 0.15) is 5.75 Å². The maximum absolute atomic E-state index is 12.0. The second-order valence-corrected chi connectivity index (χ2v) is 5.51. The first-order valence-corrected chi connectivity index (χ1v) is 7.41. The van der Waals surface area contributed by atoms with Crippen LogP contribution >= 0.6 is 0 Å². The van der Waals surface area contributed by atoms with Crippen LogP contribution in [0.15, 0.2) is 48.5 Å². The molecule has 0 aliphatic carbocycles. The van der Waals surface area contributed by atoms with Crippen LogP contribution in [0.5, 0.6) is 5.75 Å². The van der Waals surface area contributed by atoms with Crippen molar-refractivity contribution in [2.75, 3.05) is 5.32 Å². The summed E-state index contributed by atoms with van der Waals surface area (Å²) in [6.45, 7) is 3.61. The van der Waals surface area contributed by atoms with Crippen LogP contribution in [0.4, 0.5) is 5.69 Å². The molecule has 0 bridgehead atoms. The SMILES string of the molecule is Cc1ccc(NC(=O)CC(C)NC(=O)c2ccccc2)c(O)c1. The van der Waals surface area contributed by atoms with Gasteiger partial charge in [-0.2, -0.15) is 0 Å². The Morgan fingerprint density at radius 1 is 1.13 bits per heavy atom. The smallest absolute Gasteiger partial charge is 0.251 e. The molecule has 120 valence electrons. The van der Waals surface area contributed by atoms with E-state index >= 15 is 0 Å². The van der Waals surface area contributed by atoms with Crippen LogP contribution < -0.4 is 10.6 Å². The van der Waals surface area contributed by atoms with Gasteiger partial charge in [-0.15, -0.1) is 0 Å². The van der Waals surface area contributed by atoms with Crippen molar-refractivity contribution in [3.05, 3.63) is 59.7 Å². The molecular weight excluding hydrogens is 292 g/mol. The fourth-order valence-electron chi connectivity index (χ4n) is 2.17. The lowest BCUT2D eigenvalue weighted by Gasteiger charge is -2.14. The molecule has 0 aromatic heterocycles. The number of phenols is 1. The van der Waals surface area contributed by atoms with Gasteiger partial charge in [0, 0.05) is 18.0 Å². The zero-order chi connectivity index (χ0) is 16.8. The van der Waals surface area contributed by atoms with Crippen LogP contribution in [0.2, 0.25) is 0 Å². The Morgan fingerprint density at radius 3 is 2.48 bits per heavy atom. The van der Waals surface area contributed by atoms with Gasteiger partial charge in [-0.1, -0.05) is 24.3 Å². The summed E-state index contributed by atoms with van der Waals surface area (Å²) in [5.41, 5.74) is 1.82. The molecule has 0 aliphatic heterocycles. The van der Waals surface area contributed by atoms with E-state index in [0.29, 0.717) is 11.3 Å². The fourth-order valence-corrected chi connectivity index (χ4v) is 2.17. The van der Waals surface area contributed by atoms with Gasteiger partial charge in [0.2, 0.25) is 5.91 Å². The molecule has 1 unspecified atom stereocenters. The summed E-state index contributed by atoms with van der Waals surface area (Å²) < 4.78 is 0. The highest BCUT2D eigenvalue weighted by molar-refractivity contribution is 5.96. The quantitative estimate of drug-likeness (QED) is 0.743. The summed E-state index contributed by atoms with van der Waals surface area (Å²) in [6.07, 6.45) is 0.117. The molecule has 5 heteroatoms. The maximum atomic E-state index is 12.0. The molecule has 2 aromatic carbocycles. The molecule has 2 amide bonds. The topological polar surface area (TPSA) is 78.4 Å². The maximum Gasteiger partial charge on any atom is 0.251 e. The average molecular weight is 312 g/mol. The first kappa shape index (κ1) is 16.5. The Morgan fingerprint density at radius 2 is 1.83 bits per heavy atom. The number of aryl methyl sites for hydroxylation is 1. The number of anilines is 1. The molecule has 0 fully saturated rings. The Kier molecular flexibility index (Phi) is 5.36. The highest BCUT2D eigenvalue weighted by Gasteiger charge is 2.14. The van der Waals surface area contributed by atoms with E-state index in [1.807, 2.05) is 13.0 Å². The number of hydrogen-bond donors (Lipinski definition) is 3. The molecule has 1 atom stereocenters. The summed E-state index contributed by atoms with van der Waals surface area (Å²) in [7, 11) is 0. The lowest BCUT2D eigenvalue weighted by atomic mass is 10.1. The van der Waals surface area contributed by atoms with Crippen molar-refractivity contribution in [2.24, 2.45) is 0 Å². The highest BCUT2D eigenvalue weighted by Crippen LogP contribution is 2.23. The van der Waals surface area contributed by atoms with Gasteiger partial charge in [0.15, 0.2) is 0 Å². The number of rotatable bonds is 5. The third kappa shape index (κ3) is 4.85. The molecule has 0 heterocycles. The molecule has 2 aromatic rings. The van der Waals surface area contributed by atoms with Gasteiger partial charge in [0.25, 0.3) is 5.91 Å². The molecular formula is C18H20N2O3. The van der Waals surface area contributed by atoms with Crippen LogP contribution in [0.1, 0.15) is 29.3 Å². The molecule has 0 aliphatic rings.